The lowest BCUT2D eigenvalue weighted by molar-refractivity contribution is -0.0591. The van der Waals surface area contributed by atoms with E-state index in [1.54, 1.807) is 4.90 Å². The molecule has 0 unspecified atom stereocenters. The molecule has 0 radical (unpaired) electrons. The van der Waals surface area contributed by atoms with Crippen molar-refractivity contribution in [2.45, 2.75) is 24.0 Å². The van der Waals surface area contributed by atoms with Crippen LogP contribution in [0.25, 0.3) is 0 Å². The van der Waals surface area contributed by atoms with E-state index in [2.05, 4.69) is 12.1 Å². The summed E-state index contributed by atoms with van der Waals surface area (Å²) in [7, 11) is 1.85. The number of nitrogens with zero attached hydrogens (tertiary/aromatic N) is 2. The number of carbonyl (C=O) groups excluding carboxylic acids is 1. The molecular formula is C19H22N2O3. The molecule has 5 heteroatoms. The first-order valence-electron chi connectivity index (χ1n) is 8.37. The molecule has 2 saturated heterocycles. The van der Waals surface area contributed by atoms with Crippen LogP contribution < -0.4 is 0 Å². The molecule has 1 N–H and O–H groups in total. The van der Waals surface area contributed by atoms with Gasteiger partial charge in [0.15, 0.2) is 0 Å². The minimum atomic E-state index is -0.643. The molecule has 24 heavy (non-hydrogen) atoms. The first-order valence-corrected chi connectivity index (χ1v) is 8.37. The lowest BCUT2D eigenvalue weighted by Gasteiger charge is -2.26. The Labute approximate surface area is 141 Å². The Bertz CT molecular complexity index is 742. The third-order valence-corrected chi connectivity index (χ3v) is 5.34. The lowest BCUT2D eigenvalue weighted by Crippen LogP contribution is -2.41. The van der Waals surface area contributed by atoms with Gasteiger partial charge < -0.3 is 19.3 Å². The van der Waals surface area contributed by atoms with E-state index in [-0.39, 0.29) is 11.8 Å². The summed E-state index contributed by atoms with van der Waals surface area (Å²) in [4.78, 5) is 14.4. The van der Waals surface area contributed by atoms with E-state index in [1.165, 1.54) is 5.56 Å². The van der Waals surface area contributed by atoms with E-state index in [0.29, 0.717) is 25.4 Å². The molecule has 1 aromatic heterocycles. The number of amides is 1. The predicted octanol–water partition coefficient (Wildman–Crippen LogP) is 1.78. The van der Waals surface area contributed by atoms with Crippen LogP contribution in [0, 0.1) is 0 Å². The van der Waals surface area contributed by atoms with Gasteiger partial charge in [0.25, 0.3) is 5.91 Å². The summed E-state index contributed by atoms with van der Waals surface area (Å²) in [5.74, 6) is 0.219. The van der Waals surface area contributed by atoms with Crippen molar-refractivity contribution in [1.29, 1.82) is 0 Å². The van der Waals surface area contributed by atoms with Crippen LogP contribution in [0.4, 0.5) is 0 Å². The van der Waals surface area contributed by atoms with Gasteiger partial charge in [0.2, 0.25) is 0 Å². The van der Waals surface area contributed by atoms with Crippen LogP contribution in [0.3, 0.4) is 0 Å². The highest BCUT2D eigenvalue weighted by Gasteiger charge is 2.53. The number of aryl methyl sites for hydroxylation is 1. The van der Waals surface area contributed by atoms with E-state index < -0.39 is 11.7 Å². The van der Waals surface area contributed by atoms with E-state index in [4.69, 9.17) is 4.74 Å². The number of aromatic nitrogens is 1. The van der Waals surface area contributed by atoms with Crippen LogP contribution in [-0.4, -0.2) is 51.9 Å². The summed E-state index contributed by atoms with van der Waals surface area (Å²) in [6.07, 6.45) is 1.96. The maximum absolute atomic E-state index is 12.7. The van der Waals surface area contributed by atoms with Crippen LogP contribution in [0.15, 0.2) is 48.7 Å². The van der Waals surface area contributed by atoms with Gasteiger partial charge >= 0.3 is 0 Å². The highest BCUT2D eigenvalue weighted by molar-refractivity contribution is 5.93. The average molecular weight is 326 g/mol. The zero-order valence-electron chi connectivity index (χ0n) is 13.8. The molecule has 1 spiro atoms. The van der Waals surface area contributed by atoms with Crippen LogP contribution in [-0.2, 0) is 11.8 Å². The molecule has 0 saturated carbocycles. The van der Waals surface area contributed by atoms with Crippen molar-refractivity contribution in [2.24, 2.45) is 7.05 Å². The van der Waals surface area contributed by atoms with Gasteiger partial charge in [-0.3, -0.25) is 4.79 Å². The van der Waals surface area contributed by atoms with Gasteiger partial charge in [0.1, 0.15) is 17.4 Å². The SMILES string of the molecule is Cn1cccc1C(=O)N1C[C@@H](O)[C@@]2(C[C@H](c3ccccc3)CO2)C1. The Morgan fingerprint density at radius 3 is 2.75 bits per heavy atom. The smallest absolute Gasteiger partial charge is 0.270 e. The second-order valence-electron chi connectivity index (χ2n) is 6.89. The van der Waals surface area contributed by atoms with Crippen molar-refractivity contribution in [1.82, 2.24) is 9.47 Å². The summed E-state index contributed by atoms with van der Waals surface area (Å²) >= 11 is 0. The molecule has 5 nitrogen and oxygen atoms in total. The summed E-state index contributed by atoms with van der Waals surface area (Å²) in [6, 6.07) is 13.9. The van der Waals surface area contributed by atoms with Crippen LogP contribution in [0.5, 0.6) is 0 Å². The molecule has 1 amide bonds. The minimum Gasteiger partial charge on any atom is -0.388 e. The molecule has 126 valence electrons. The van der Waals surface area contributed by atoms with Crippen molar-refractivity contribution in [3.8, 4) is 0 Å². The zero-order valence-corrected chi connectivity index (χ0v) is 13.8. The summed E-state index contributed by atoms with van der Waals surface area (Å²) < 4.78 is 7.87. The monoisotopic (exact) mass is 326 g/mol. The molecule has 3 heterocycles. The van der Waals surface area contributed by atoms with Crippen molar-refractivity contribution < 1.29 is 14.6 Å². The van der Waals surface area contributed by atoms with Gasteiger partial charge in [-0.05, 0) is 24.1 Å². The third kappa shape index (κ3) is 2.44. The maximum atomic E-state index is 12.7. The van der Waals surface area contributed by atoms with Crippen LogP contribution in [0.2, 0.25) is 0 Å². The van der Waals surface area contributed by atoms with Crippen molar-refractivity contribution in [2.75, 3.05) is 19.7 Å². The first-order chi connectivity index (χ1) is 11.6. The Balaban J connectivity index is 1.51. The standard InChI is InChI=1S/C19H22N2O3/c1-20-9-5-8-16(20)18(23)21-11-17(22)19(13-21)10-15(12-24-19)14-6-3-2-4-7-14/h2-9,15,17,22H,10-13H2,1H3/t15-,17+,19+/m0/s1. The number of β-amino-alcohol motifs (C(OH)–C–C–N with tert-alkyl or cyclic N) is 1. The Hall–Kier alpha value is -2.11. The molecule has 1 aromatic carbocycles. The number of benzene rings is 1. The Morgan fingerprint density at radius 1 is 1.25 bits per heavy atom. The number of likely N-dealkylation sites (tertiary alicyclic amines) is 1. The van der Waals surface area contributed by atoms with Gasteiger partial charge in [-0.25, -0.2) is 0 Å². The summed E-state index contributed by atoms with van der Waals surface area (Å²) in [6.45, 7) is 1.36. The summed E-state index contributed by atoms with van der Waals surface area (Å²) in [5, 5.41) is 10.6. The predicted molar refractivity (Wildman–Crippen MR) is 89.8 cm³/mol. The summed E-state index contributed by atoms with van der Waals surface area (Å²) in [5.41, 5.74) is 1.23. The van der Waals surface area contributed by atoms with Gasteiger partial charge in [0, 0.05) is 25.7 Å². The van der Waals surface area contributed by atoms with Crippen LogP contribution >= 0.6 is 0 Å². The number of aliphatic hydroxyl groups excluding tert-OH is 1. The Kier molecular flexibility index (Phi) is 3.70. The number of hydrogen-bond acceptors (Lipinski definition) is 3. The average Bonchev–Trinajstić information content (AvgIpc) is 3.29. The number of rotatable bonds is 2. The fraction of sp³-hybridized carbons (Fsp3) is 0.421. The van der Waals surface area contributed by atoms with Gasteiger partial charge in [-0.2, -0.15) is 0 Å². The highest BCUT2D eigenvalue weighted by Crippen LogP contribution is 2.42. The fourth-order valence-corrected chi connectivity index (χ4v) is 3.95. The van der Waals surface area contributed by atoms with Gasteiger partial charge in [-0.15, -0.1) is 0 Å². The maximum Gasteiger partial charge on any atom is 0.270 e. The molecule has 2 aliphatic rings. The molecule has 0 aliphatic carbocycles. The van der Waals surface area contributed by atoms with E-state index in [1.807, 2.05) is 48.1 Å². The molecule has 2 aromatic rings. The molecule has 0 bridgehead atoms. The zero-order chi connectivity index (χ0) is 16.7. The molecule has 3 atom stereocenters. The number of hydrogen-bond donors (Lipinski definition) is 1. The minimum absolute atomic E-state index is 0.0508. The van der Waals surface area contributed by atoms with Gasteiger partial charge in [-0.1, -0.05) is 30.3 Å². The van der Waals surface area contributed by atoms with E-state index in [0.717, 1.165) is 6.42 Å². The van der Waals surface area contributed by atoms with Crippen molar-refractivity contribution in [3.63, 3.8) is 0 Å². The third-order valence-electron chi connectivity index (χ3n) is 5.34. The largest absolute Gasteiger partial charge is 0.388 e. The first kappa shape index (κ1) is 15.4. The van der Waals surface area contributed by atoms with Crippen molar-refractivity contribution >= 4 is 5.91 Å². The van der Waals surface area contributed by atoms with Crippen molar-refractivity contribution in [3.05, 3.63) is 59.9 Å². The van der Waals surface area contributed by atoms with E-state index in [9.17, 15) is 9.90 Å². The van der Waals surface area contributed by atoms with Gasteiger partial charge in [0.05, 0.1) is 13.2 Å². The quantitative estimate of drug-likeness (QED) is 0.915. The number of ether oxygens (including phenoxy) is 1. The molecular weight excluding hydrogens is 304 g/mol. The topological polar surface area (TPSA) is 54.7 Å². The fourth-order valence-electron chi connectivity index (χ4n) is 3.95. The van der Waals surface area contributed by atoms with Crippen LogP contribution in [0.1, 0.15) is 28.4 Å². The number of carbonyl (C=O) groups is 1. The molecule has 4 rings (SSSR count). The Morgan fingerprint density at radius 2 is 2.04 bits per heavy atom. The highest BCUT2D eigenvalue weighted by atomic mass is 16.5. The number of aliphatic hydroxyl groups is 1. The van der Waals surface area contributed by atoms with E-state index >= 15 is 0 Å². The molecule has 2 aliphatic heterocycles. The second kappa shape index (κ2) is 5.76. The second-order valence-corrected chi connectivity index (χ2v) is 6.89. The lowest BCUT2D eigenvalue weighted by atomic mass is 9.87. The molecule has 2 fully saturated rings. The normalized spacial score (nSPS) is 29.5.